The second kappa shape index (κ2) is 10.1. The Morgan fingerprint density at radius 1 is 0.973 bits per heavy atom. The van der Waals surface area contributed by atoms with Gasteiger partial charge in [-0.25, -0.2) is 18.2 Å². The summed E-state index contributed by atoms with van der Waals surface area (Å²) in [5.41, 5.74) is 6.98. The highest BCUT2D eigenvalue weighted by Gasteiger charge is 2.51. The lowest BCUT2D eigenvalue weighted by Gasteiger charge is -2.28. The van der Waals surface area contributed by atoms with Crippen molar-refractivity contribution in [1.82, 2.24) is 4.90 Å². The highest BCUT2D eigenvalue weighted by molar-refractivity contribution is 7.90. The summed E-state index contributed by atoms with van der Waals surface area (Å²) in [6, 6.07) is 23.5. The number of amides is 1. The molecule has 3 aromatic rings. The minimum Gasteiger partial charge on any atom is -0.475 e. The number of carbonyl (C=O) groups is 2. The van der Waals surface area contributed by atoms with Gasteiger partial charge in [-0.3, -0.25) is 9.69 Å². The predicted octanol–water partition coefficient (Wildman–Crippen LogP) is 3.42. The van der Waals surface area contributed by atoms with Crippen LogP contribution in [0.2, 0.25) is 0 Å². The largest absolute Gasteiger partial charge is 0.490 e. The van der Waals surface area contributed by atoms with Crippen LogP contribution in [-0.4, -0.2) is 55.7 Å². The molecule has 0 bridgehead atoms. The predicted molar refractivity (Wildman–Crippen MR) is 130 cm³/mol. The van der Waals surface area contributed by atoms with E-state index in [9.17, 15) is 26.4 Å². The maximum absolute atomic E-state index is 13.5. The van der Waals surface area contributed by atoms with Crippen LogP contribution in [0, 0.1) is 0 Å². The van der Waals surface area contributed by atoms with Gasteiger partial charge >= 0.3 is 12.1 Å². The van der Waals surface area contributed by atoms with E-state index in [1.165, 1.54) is 18.0 Å². The number of carboxylic acid groups (broad SMARTS) is 1. The van der Waals surface area contributed by atoms with Gasteiger partial charge in [0.15, 0.2) is 21.3 Å². The first-order valence-electron chi connectivity index (χ1n) is 10.6. The summed E-state index contributed by atoms with van der Waals surface area (Å²) >= 11 is 0. The zero-order valence-corrected chi connectivity index (χ0v) is 20.4. The van der Waals surface area contributed by atoms with Crippen LogP contribution in [0.3, 0.4) is 0 Å². The summed E-state index contributed by atoms with van der Waals surface area (Å²) in [4.78, 5) is 28.2. The lowest BCUT2D eigenvalue weighted by molar-refractivity contribution is -0.192. The van der Waals surface area contributed by atoms with Gasteiger partial charge in [-0.15, -0.1) is 0 Å². The first kappa shape index (κ1) is 27.4. The molecule has 1 aliphatic heterocycles. The number of guanidine groups is 1. The van der Waals surface area contributed by atoms with Crippen LogP contribution < -0.4 is 5.73 Å². The summed E-state index contributed by atoms with van der Waals surface area (Å²) in [7, 11) is -2.12. The van der Waals surface area contributed by atoms with Crippen molar-refractivity contribution in [3.63, 3.8) is 0 Å². The fourth-order valence-corrected chi connectivity index (χ4v) is 4.71. The molecule has 3 aromatic carbocycles. The third-order valence-electron chi connectivity index (χ3n) is 5.55. The number of likely N-dealkylation sites (N-methyl/N-ethyl adjacent to an activating group) is 1. The number of aliphatic carboxylic acids is 1. The van der Waals surface area contributed by atoms with E-state index in [1.54, 1.807) is 36.4 Å². The molecule has 1 atom stereocenters. The molecule has 0 aliphatic carbocycles. The molecule has 0 saturated carbocycles. The van der Waals surface area contributed by atoms with Crippen molar-refractivity contribution in [2.75, 3.05) is 13.3 Å². The van der Waals surface area contributed by atoms with E-state index in [1.807, 2.05) is 36.4 Å². The van der Waals surface area contributed by atoms with E-state index >= 15 is 0 Å². The number of rotatable bonds is 4. The van der Waals surface area contributed by atoms with Crippen molar-refractivity contribution >= 4 is 27.7 Å². The Labute approximate surface area is 210 Å². The highest BCUT2D eigenvalue weighted by Crippen LogP contribution is 2.43. The van der Waals surface area contributed by atoms with Gasteiger partial charge in [-0.2, -0.15) is 13.2 Å². The Balaban J connectivity index is 0.000000479. The summed E-state index contributed by atoms with van der Waals surface area (Å²) in [6.07, 6.45) is -3.96. The average Bonchev–Trinajstić information content (AvgIpc) is 3.08. The number of benzene rings is 3. The molecule has 1 amide bonds. The molecule has 1 heterocycles. The molecule has 12 heteroatoms. The van der Waals surface area contributed by atoms with Gasteiger partial charge in [0.25, 0.3) is 5.91 Å². The molecule has 0 saturated heterocycles. The van der Waals surface area contributed by atoms with Crippen LogP contribution in [0.25, 0.3) is 11.1 Å². The monoisotopic (exact) mass is 533 g/mol. The van der Waals surface area contributed by atoms with Gasteiger partial charge in [-0.1, -0.05) is 66.7 Å². The summed E-state index contributed by atoms with van der Waals surface area (Å²) in [5, 5.41) is 7.12. The molecule has 1 unspecified atom stereocenters. The van der Waals surface area contributed by atoms with Crippen LogP contribution in [-0.2, 0) is 25.0 Å². The normalized spacial score (nSPS) is 17.6. The molecule has 0 aromatic heterocycles. The van der Waals surface area contributed by atoms with Crippen LogP contribution >= 0.6 is 0 Å². The Bertz CT molecular complexity index is 1460. The summed E-state index contributed by atoms with van der Waals surface area (Å²) in [5.74, 6) is -3.12. The molecular formula is C25H22F3N3O5S. The van der Waals surface area contributed by atoms with Crippen LogP contribution in [0.15, 0.2) is 88.8 Å². The molecule has 194 valence electrons. The van der Waals surface area contributed by atoms with Crippen LogP contribution in [0.1, 0.15) is 11.1 Å². The van der Waals surface area contributed by atoms with Crippen molar-refractivity contribution in [2.45, 2.75) is 16.6 Å². The molecule has 1 aliphatic rings. The molecule has 3 N–H and O–H groups in total. The Hall–Kier alpha value is -4.19. The maximum atomic E-state index is 13.5. The smallest absolute Gasteiger partial charge is 0.475 e. The number of carbonyl (C=O) groups excluding carboxylic acids is 1. The van der Waals surface area contributed by atoms with Crippen molar-refractivity contribution < 1.29 is 36.3 Å². The molecule has 0 spiro atoms. The quantitative estimate of drug-likeness (QED) is 0.529. The first-order chi connectivity index (χ1) is 17.2. The highest BCUT2D eigenvalue weighted by atomic mass is 32.2. The maximum Gasteiger partial charge on any atom is 0.490 e. The molecule has 0 radical (unpaired) electrons. The number of nitrogens with zero attached hydrogens (tertiary/aromatic N) is 2. The number of aliphatic imine (C=N–C) groups is 1. The van der Waals surface area contributed by atoms with Crippen molar-refractivity contribution in [3.8, 4) is 11.1 Å². The fraction of sp³-hybridized carbons (Fsp3) is 0.160. The number of alkyl halides is 3. The Morgan fingerprint density at radius 2 is 1.49 bits per heavy atom. The fourth-order valence-electron chi connectivity index (χ4n) is 3.79. The second-order valence-electron chi connectivity index (χ2n) is 8.06. The summed E-state index contributed by atoms with van der Waals surface area (Å²) < 4.78 is 57.1. The number of nitrogens with two attached hydrogens (primary N) is 1. The van der Waals surface area contributed by atoms with E-state index in [-0.39, 0.29) is 16.4 Å². The topological polar surface area (TPSA) is 130 Å². The van der Waals surface area contributed by atoms with Gasteiger partial charge in [0.05, 0.1) is 4.90 Å². The third kappa shape index (κ3) is 5.48. The van der Waals surface area contributed by atoms with E-state index < -0.39 is 33.4 Å². The van der Waals surface area contributed by atoms with Gasteiger partial charge in [0.1, 0.15) is 0 Å². The number of hydrogen-bond donors (Lipinski definition) is 2. The van der Waals surface area contributed by atoms with E-state index in [0.29, 0.717) is 5.56 Å². The Morgan fingerprint density at radius 3 is 1.92 bits per heavy atom. The minimum absolute atomic E-state index is 0.0356. The Kier molecular flexibility index (Phi) is 7.44. The second-order valence-corrected chi connectivity index (χ2v) is 10.0. The van der Waals surface area contributed by atoms with Gasteiger partial charge in [-0.05, 0) is 28.8 Å². The molecule has 8 nitrogen and oxygen atoms in total. The number of halogens is 3. The van der Waals surface area contributed by atoms with Crippen molar-refractivity contribution in [1.29, 1.82) is 0 Å². The molecule has 4 rings (SSSR count). The average molecular weight is 534 g/mol. The van der Waals surface area contributed by atoms with Gasteiger partial charge in [0, 0.05) is 18.9 Å². The molecular weight excluding hydrogens is 511 g/mol. The summed E-state index contributed by atoms with van der Waals surface area (Å²) in [6.45, 7) is 0. The minimum atomic E-state index is -5.08. The number of sulfone groups is 1. The lowest BCUT2D eigenvalue weighted by atomic mass is 9.81. The van der Waals surface area contributed by atoms with Crippen LogP contribution in [0.4, 0.5) is 13.2 Å². The molecule has 0 fully saturated rings. The number of carboxylic acids is 1. The molecule has 37 heavy (non-hydrogen) atoms. The lowest BCUT2D eigenvalue weighted by Crippen LogP contribution is -2.41. The van der Waals surface area contributed by atoms with E-state index in [2.05, 4.69) is 4.99 Å². The number of hydrogen-bond acceptors (Lipinski definition) is 6. The van der Waals surface area contributed by atoms with Crippen LogP contribution in [0.5, 0.6) is 0 Å². The zero-order chi connectivity index (χ0) is 27.6. The van der Waals surface area contributed by atoms with Crippen molar-refractivity contribution in [2.24, 2.45) is 10.7 Å². The van der Waals surface area contributed by atoms with Gasteiger partial charge in [0.2, 0.25) is 0 Å². The van der Waals surface area contributed by atoms with E-state index in [4.69, 9.17) is 15.6 Å². The SMILES string of the molecule is CN1C(=O)C(c2ccccc2)(c2cc(-c3ccccc3)ccc2S(C)(=O)=O)N=C1N.O=C(O)C(F)(F)F. The third-order valence-corrected chi connectivity index (χ3v) is 6.70. The van der Waals surface area contributed by atoms with Gasteiger partial charge < -0.3 is 10.8 Å². The standard InChI is InChI=1S/C23H21N3O3S.C2HF3O2/c1-26-21(27)23(25-22(26)24,18-11-7-4-8-12-18)19-15-17(16-9-5-3-6-10-16)13-14-20(19)30(2,28)29;3-2(4,5)1(6)7/h3-15H,1-2H3,(H2,24,25);(H,6,7). The van der Waals surface area contributed by atoms with Crippen molar-refractivity contribution in [3.05, 3.63) is 90.0 Å². The van der Waals surface area contributed by atoms with E-state index in [0.717, 1.165) is 17.4 Å². The first-order valence-corrected chi connectivity index (χ1v) is 12.5. The zero-order valence-electron chi connectivity index (χ0n) is 19.6.